The molecule has 0 heterocycles. The monoisotopic (exact) mass is 284 g/mol. The first-order chi connectivity index (χ1) is 9.60. The smallest absolute Gasteiger partial charge is 0.221 e. The van der Waals surface area contributed by atoms with Gasteiger partial charge in [0.2, 0.25) is 5.91 Å². The van der Waals surface area contributed by atoms with E-state index in [0.29, 0.717) is 13.0 Å². The van der Waals surface area contributed by atoms with Crippen LogP contribution in [0.4, 0.5) is 0 Å². The summed E-state index contributed by atoms with van der Waals surface area (Å²) in [5, 5.41) is 9.25. The van der Waals surface area contributed by atoms with Gasteiger partial charge in [0.25, 0.3) is 0 Å². The summed E-state index contributed by atoms with van der Waals surface area (Å²) < 4.78 is 0. The molecule has 5 heteroatoms. The van der Waals surface area contributed by atoms with Crippen LogP contribution in [0.2, 0.25) is 0 Å². The minimum atomic E-state index is 0.0926. The Kier molecular flexibility index (Phi) is 12.0. The first-order valence-electron chi connectivity index (χ1n) is 7.89. The first-order valence-corrected chi connectivity index (χ1v) is 7.89. The highest BCUT2D eigenvalue weighted by Gasteiger charge is 2.01. The third-order valence-electron chi connectivity index (χ3n) is 2.77. The normalized spacial score (nSPS) is 11.6. The summed E-state index contributed by atoms with van der Waals surface area (Å²) in [6, 6.07) is 0. The van der Waals surface area contributed by atoms with Crippen LogP contribution in [0.1, 0.15) is 53.4 Å². The first kappa shape index (κ1) is 18.7. The van der Waals surface area contributed by atoms with E-state index in [4.69, 9.17) is 0 Å². The van der Waals surface area contributed by atoms with Gasteiger partial charge in [0.1, 0.15) is 0 Å². The lowest BCUT2D eigenvalue weighted by Gasteiger charge is -2.11. The molecule has 0 bridgehead atoms. The van der Waals surface area contributed by atoms with Crippen LogP contribution in [-0.2, 0) is 4.79 Å². The maximum absolute atomic E-state index is 11.5. The number of aliphatic imine (C=N–C) groups is 1. The minimum absolute atomic E-state index is 0.0926. The standard InChI is InChI=1S/C15H32N4O/c1-5-10-17-14(20)9-12-19-15(16-6-2)18-11-7-8-13(3)4/h13H,5-12H2,1-4H3,(H,17,20)(H2,16,18,19). The van der Waals surface area contributed by atoms with Crippen molar-refractivity contribution in [3.8, 4) is 0 Å². The van der Waals surface area contributed by atoms with Gasteiger partial charge in [0.05, 0.1) is 0 Å². The lowest BCUT2D eigenvalue weighted by atomic mass is 10.1. The molecule has 0 aliphatic rings. The molecular formula is C15H32N4O. The van der Waals surface area contributed by atoms with Crippen LogP contribution in [0.25, 0.3) is 0 Å². The number of carbonyl (C=O) groups is 1. The zero-order valence-electron chi connectivity index (χ0n) is 13.6. The third-order valence-corrected chi connectivity index (χ3v) is 2.77. The van der Waals surface area contributed by atoms with Gasteiger partial charge >= 0.3 is 0 Å². The summed E-state index contributed by atoms with van der Waals surface area (Å²) in [7, 11) is 0. The lowest BCUT2D eigenvalue weighted by molar-refractivity contribution is -0.120. The quantitative estimate of drug-likeness (QED) is 0.326. The fraction of sp³-hybridized carbons (Fsp3) is 0.867. The Labute approximate surface area is 124 Å². The van der Waals surface area contributed by atoms with Gasteiger partial charge in [-0.2, -0.15) is 0 Å². The fourth-order valence-corrected chi connectivity index (χ4v) is 1.68. The van der Waals surface area contributed by atoms with E-state index in [1.165, 1.54) is 6.42 Å². The van der Waals surface area contributed by atoms with Crippen LogP contribution in [-0.4, -0.2) is 38.0 Å². The molecule has 0 atom stereocenters. The van der Waals surface area contributed by atoms with Crippen molar-refractivity contribution < 1.29 is 4.79 Å². The van der Waals surface area contributed by atoms with Crippen molar-refractivity contribution in [3.05, 3.63) is 0 Å². The highest BCUT2D eigenvalue weighted by atomic mass is 16.1. The second-order valence-electron chi connectivity index (χ2n) is 5.32. The number of rotatable bonds is 10. The van der Waals surface area contributed by atoms with E-state index >= 15 is 0 Å². The van der Waals surface area contributed by atoms with Crippen molar-refractivity contribution in [2.45, 2.75) is 53.4 Å². The molecule has 0 radical (unpaired) electrons. The van der Waals surface area contributed by atoms with Crippen LogP contribution in [0.5, 0.6) is 0 Å². The Balaban J connectivity index is 3.89. The molecule has 5 nitrogen and oxygen atoms in total. The van der Waals surface area contributed by atoms with Crippen LogP contribution in [0.3, 0.4) is 0 Å². The maximum atomic E-state index is 11.5. The molecule has 118 valence electrons. The number of nitrogens with one attached hydrogen (secondary N) is 3. The highest BCUT2D eigenvalue weighted by Crippen LogP contribution is 2.02. The highest BCUT2D eigenvalue weighted by molar-refractivity contribution is 5.81. The largest absolute Gasteiger partial charge is 0.357 e. The van der Waals surface area contributed by atoms with Gasteiger partial charge in [-0.05, 0) is 32.1 Å². The van der Waals surface area contributed by atoms with Crippen molar-refractivity contribution in [2.24, 2.45) is 10.9 Å². The zero-order valence-corrected chi connectivity index (χ0v) is 13.6. The molecule has 0 saturated heterocycles. The number of amides is 1. The molecular weight excluding hydrogens is 252 g/mol. The molecule has 0 aliphatic carbocycles. The van der Waals surface area contributed by atoms with Crippen molar-refractivity contribution in [1.29, 1.82) is 0 Å². The number of guanidine groups is 1. The summed E-state index contributed by atoms with van der Waals surface area (Å²) in [5.41, 5.74) is 0. The summed E-state index contributed by atoms with van der Waals surface area (Å²) in [4.78, 5) is 16.0. The summed E-state index contributed by atoms with van der Waals surface area (Å²) in [6.45, 7) is 11.6. The Morgan fingerprint density at radius 1 is 1.10 bits per heavy atom. The summed E-state index contributed by atoms with van der Waals surface area (Å²) >= 11 is 0. The maximum Gasteiger partial charge on any atom is 0.221 e. The van der Waals surface area contributed by atoms with Gasteiger partial charge in [-0.15, -0.1) is 0 Å². The molecule has 0 unspecified atom stereocenters. The molecule has 0 aromatic rings. The topological polar surface area (TPSA) is 65.5 Å². The van der Waals surface area contributed by atoms with Crippen molar-refractivity contribution in [1.82, 2.24) is 16.0 Å². The summed E-state index contributed by atoms with van der Waals surface area (Å²) in [6.07, 6.45) is 3.75. The van der Waals surface area contributed by atoms with Gasteiger partial charge in [0.15, 0.2) is 5.96 Å². The number of carbonyl (C=O) groups excluding carboxylic acids is 1. The van der Waals surface area contributed by atoms with E-state index in [0.717, 1.165) is 44.4 Å². The number of nitrogens with zero attached hydrogens (tertiary/aromatic N) is 1. The average molecular weight is 284 g/mol. The Hall–Kier alpha value is -1.26. The van der Waals surface area contributed by atoms with E-state index in [9.17, 15) is 4.79 Å². The minimum Gasteiger partial charge on any atom is -0.357 e. The molecule has 0 aromatic heterocycles. The van der Waals surface area contributed by atoms with Gasteiger partial charge < -0.3 is 16.0 Å². The van der Waals surface area contributed by atoms with Gasteiger partial charge in [-0.1, -0.05) is 20.8 Å². The number of hydrogen-bond acceptors (Lipinski definition) is 2. The Morgan fingerprint density at radius 3 is 2.45 bits per heavy atom. The SMILES string of the molecule is CCCNC(=O)CCNC(=NCCCC(C)C)NCC. The fourth-order valence-electron chi connectivity index (χ4n) is 1.68. The van der Waals surface area contributed by atoms with E-state index in [1.54, 1.807) is 0 Å². The van der Waals surface area contributed by atoms with Gasteiger partial charge in [0, 0.05) is 32.6 Å². The van der Waals surface area contributed by atoms with Crippen LogP contribution in [0, 0.1) is 5.92 Å². The van der Waals surface area contributed by atoms with E-state index < -0.39 is 0 Å². The van der Waals surface area contributed by atoms with Crippen LogP contribution < -0.4 is 16.0 Å². The van der Waals surface area contributed by atoms with E-state index in [1.807, 2.05) is 13.8 Å². The third kappa shape index (κ3) is 11.8. The van der Waals surface area contributed by atoms with Gasteiger partial charge in [-0.25, -0.2) is 0 Å². The molecule has 1 amide bonds. The molecule has 3 N–H and O–H groups in total. The number of hydrogen-bond donors (Lipinski definition) is 3. The lowest BCUT2D eigenvalue weighted by Crippen LogP contribution is -2.39. The second kappa shape index (κ2) is 12.8. The molecule has 0 spiro atoms. The van der Waals surface area contributed by atoms with Crippen LogP contribution in [0.15, 0.2) is 4.99 Å². The molecule has 0 aliphatic heterocycles. The van der Waals surface area contributed by atoms with Crippen molar-refractivity contribution in [3.63, 3.8) is 0 Å². The van der Waals surface area contributed by atoms with E-state index in [-0.39, 0.29) is 5.91 Å². The van der Waals surface area contributed by atoms with E-state index in [2.05, 4.69) is 34.8 Å². The predicted octanol–water partition coefficient (Wildman–Crippen LogP) is 1.89. The second-order valence-corrected chi connectivity index (χ2v) is 5.32. The molecule has 0 fully saturated rings. The molecule has 0 rings (SSSR count). The Bertz CT molecular complexity index is 277. The Morgan fingerprint density at radius 2 is 1.85 bits per heavy atom. The van der Waals surface area contributed by atoms with Crippen molar-refractivity contribution in [2.75, 3.05) is 26.2 Å². The summed E-state index contributed by atoms with van der Waals surface area (Å²) in [5.74, 6) is 1.62. The predicted molar refractivity (Wildman–Crippen MR) is 86.0 cm³/mol. The van der Waals surface area contributed by atoms with Crippen LogP contribution >= 0.6 is 0 Å². The van der Waals surface area contributed by atoms with Crippen molar-refractivity contribution >= 4 is 11.9 Å². The average Bonchev–Trinajstić information content (AvgIpc) is 2.41. The molecule has 20 heavy (non-hydrogen) atoms. The zero-order chi connectivity index (χ0) is 15.2. The van der Waals surface area contributed by atoms with Gasteiger partial charge in [-0.3, -0.25) is 9.79 Å². The molecule has 0 saturated carbocycles. The molecule has 0 aromatic carbocycles.